The number of alkyl halides is 3. The Bertz CT molecular complexity index is 1120. The van der Waals surface area contributed by atoms with Crippen LogP contribution in [0.4, 0.5) is 18.2 Å². The van der Waals surface area contributed by atoms with Crippen LogP contribution in [0, 0.1) is 6.92 Å². The lowest BCUT2D eigenvalue weighted by Crippen LogP contribution is -2.16. The number of esters is 1. The Labute approximate surface area is 173 Å². The largest absolute Gasteiger partial charge is 0.462 e. The third kappa shape index (κ3) is 4.16. The number of carbonyl (C=O) groups excluding carboxylic acids is 2. The van der Waals surface area contributed by atoms with Crippen molar-refractivity contribution in [3.05, 3.63) is 40.0 Å². The van der Waals surface area contributed by atoms with E-state index in [2.05, 4.69) is 15.4 Å². The fourth-order valence-electron chi connectivity index (χ4n) is 2.83. The van der Waals surface area contributed by atoms with Gasteiger partial charge in [0.25, 0.3) is 5.91 Å². The van der Waals surface area contributed by atoms with Gasteiger partial charge in [-0.15, -0.1) is 11.3 Å². The van der Waals surface area contributed by atoms with Gasteiger partial charge in [-0.05, 0) is 39.8 Å². The molecule has 0 saturated heterocycles. The Morgan fingerprint density at radius 1 is 1.27 bits per heavy atom. The summed E-state index contributed by atoms with van der Waals surface area (Å²) < 4.78 is 45.9. The van der Waals surface area contributed by atoms with Gasteiger partial charge in [0, 0.05) is 11.4 Å². The zero-order chi connectivity index (χ0) is 22.2. The average Bonchev–Trinajstić information content (AvgIpc) is 3.24. The van der Waals surface area contributed by atoms with Crippen LogP contribution in [0.2, 0.25) is 0 Å². The lowest BCUT2D eigenvalue weighted by atomic mass is 10.1. The standard InChI is InChI=1S/C19H19F3N4O3S/c1-5-29-18(28)13-7-14(19(20,21)22)30-17(13)25-16(27)12-6-11-8-23-26(9(2)3)15(11)24-10(12)4/h6-9H,5H2,1-4H3,(H,25,27). The third-order valence-electron chi connectivity index (χ3n) is 4.23. The molecule has 0 radical (unpaired) electrons. The van der Waals surface area contributed by atoms with Crippen molar-refractivity contribution in [3.8, 4) is 0 Å². The summed E-state index contributed by atoms with van der Waals surface area (Å²) in [5.41, 5.74) is 0.804. The van der Waals surface area contributed by atoms with Gasteiger partial charge in [-0.2, -0.15) is 18.3 Å². The number of thiophene rings is 1. The molecule has 3 aromatic rings. The highest BCUT2D eigenvalue weighted by molar-refractivity contribution is 7.16. The number of aryl methyl sites for hydroxylation is 1. The van der Waals surface area contributed by atoms with E-state index in [0.29, 0.717) is 22.8 Å². The molecule has 0 aliphatic heterocycles. The number of hydrogen-bond donors (Lipinski definition) is 1. The number of anilines is 1. The van der Waals surface area contributed by atoms with Crippen molar-refractivity contribution < 1.29 is 27.5 Å². The summed E-state index contributed by atoms with van der Waals surface area (Å²) in [6, 6.07) is 2.31. The summed E-state index contributed by atoms with van der Waals surface area (Å²) >= 11 is 0.266. The second kappa shape index (κ2) is 8.05. The molecule has 3 aromatic heterocycles. The van der Waals surface area contributed by atoms with E-state index in [4.69, 9.17) is 4.74 Å². The number of carbonyl (C=O) groups is 2. The van der Waals surface area contributed by atoms with E-state index in [1.807, 2.05) is 13.8 Å². The van der Waals surface area contributed by atoms with Gasteiger partial charge < -0.3 is 10.1 Å². The van der Waals surface area contributed by atoms with Gasteiger partial charge in [-0.1, -0.05) is 0 Å². The van der Waals surface area contributed by atoms with Crippen molar-refractivity contribution in [2.24, 2.45) is 0 Å². The topological polar surface area (TPSA) is 86.1 Å². The normalized spacial score (nSPS) is 11.9. The first kappa shape index (κ1) is 21.8. The fraction of sp³-hybridized carbons (Fsp3) is 0.368. The van der Waals surface area contributed by atoms with Crippen molar-refractivity contribution in [2.45, 2.75) is 39.9 Å². The van der Waals surface area contributed by atoms with E-state index in [1.165, 1.54) is 6.92 Å². The molecule has 11 heteroatoms. The second-order valence-corrected chi connectivity index (χ2v) is 7.80. The van der Waals surface area contributed by atoms with Crippen LogP contribution in [-0.4, -0.2) is 33.2 Å². The molecule has 0 bridgehead atoms. The Morgan fingerprint density at radius 2 is 1.97 bits per heavy atom. The molecule has 3 heterocycles. The maximum Gasteiger partial charge on any atom is 0.425 e. The molecule has 30 heavy (non-hydrogen) atoms. The predicted octanol–water partition coefficient (Wildman–Crippen LogP) is 4.83. The molecular weight excluding hydrogens is 421 g/mol. The number of amides is 1. The SMILES string of the molecule is CCOC(=O)c1cc(C(F)(F)F)sc1NC(=O)c1cc2cnn(C(C)C)c2nc1C. The molecule has 1 amide bonds. The maximum atomic E-state index is 13.1. The summed E-state index contributed by atoms with van der Waals surface area (Å²) in [5, 5.41) is 7.04. The van der Waals surface area contributed by atoms with Gasteiger partial charge in [-0.3, -0.25) is 4.79 Å². The van der Waals surface area contributed by atoms with Crippen molar-refractivity contribution in [1.82, 2.24) is 14.8 Å². The molecule has 7 nitrogen and oxygen atoms in total. The van der Waals surface area contributed by atoms with E-state index in [1.54, 1.807) is 23.9 Å². The number of halogens is 3. The quantitative estimate of drug-likeness (QED) is 0.575. The molecular formula is C19H19F3N4O3S. The smallest absolute Gasteiger partial charge is 0.425 e. The van der Waals surface area contributed by atoms with E-state index in [0.717, 1.165) is 0 Å². The third-order valence-corrected chi connectivity index (χ3v) is 5.32. The molecule has 0 saturated carbocycles. The lowest BCUT2D eigenvalue weighted by molar-refractivity contribution is -0.134. The minimum atomic E-state index is -4.66. The monoisotopic (exact) mass is 440 g/mol. The summed E-state index contributed by atoms with van der Waals surface area (Å²) in [6.07, 6.45) is -3.09. The summed E-state index contributed by atoms with van der Waals surface area (Å²) in [4.78, 5) is 28.3. The number of rotatable bonds is 5. The zero-order valence-corrected chi connectivity index (χ0v) is 17.4. The van der Waals surface area contributed by atoms with E-state index >= 15 is 0 Å². The van der Waals surface area contributed by atoms with Gasteiger partial charge in [0.15, 0.2) is 5.65 Å². The van der Waals surface area contributed by atoms with Crippen molar-refractivity contribution in [1.29, 1.82) is 0 Å². The van der Waals surface area contributed by atoms with Crippen molar-refractivity contribution >= 4 is 39.2 Å². The molecule has 3 rings (SSSR count). The average molecular weight is 440 g/mol. The van der Waals surface area contributed by atoms with Crippen LogP contribution in [-0.2, 0) is 10.9 Å². The highest BCUT2D eigenvalue weighted by Gasteiger charge is 2.35. The van der Waals surface area contributed by atoms with Crippen LogP contribution in [0.1, 0.15) is 58.1 Å². The van der Waals surface area contributed by atoms with Crippen LogP contribution in [0.15, 0.2) is 18.3 Å². The van der Waals surface area contributed by atoms with Crippen LogP contribution >= 0.6 is 11.3 Å². The molecule has 160 valence electrons. The highest BCUT2D eigenvalue weighted by Crippen LogP contribution is 2.40. The summed E-state index contributed by atoms with van der Waals surface area (Å²) in [5.74, 6) is -1.62. The number of ether oxygens (including phenoxy) is 1. The number of aromatic nitrogens is 3. The zero-order valence-electron chi connectivity index (χ0n) is 16.6. The molecule has 0 aliphatic carbocycles. The number of hydrogen-bond acceptors (Lipinski definition) is 6. The molecule has 0 spiro atoms. The fourth-order valence-corrected chi connectivity index (χ4v) is 3.74. The van der Waals surface area contributed by atoms with Gasteiger partial charge >= 0.3 is 12.1 Å². The van der Waals surface area contributed by atoms with Crippen molar-refractivity contribution in [3.63, 3.8) is 0 Å². The Morgan fingerprint density at radius 3 is 2.57 bits per heavy atom. The minimum absolute atomic E-state index is 0.0110. The Balaban J connectivity index is 1.98. The van der Waals surface area contributed by atoms with E-state index in [-0.39, 0.29) is 40.1 Å². The van der Waals surface area contributed by atoms with E-state index in [9.17, 15) is 22.8 Å². The van der Waals surface area contributed by atoms with Gasteiger partial charge in [0.1, 0.15) is 9.88 Å². The molecule has 0 aromatic carbocycles. The summed E-state index contributed by atoms with van der Waals surface area (Å²) in [6.45, 7) is 7.03. The Hall–Kier alpha value is -2.95. The lowest BCUT2D eigenvalue weighted by Gasteiger charge is -2.10. The van der Waals surface area contributed by atoms with Crippen LogP contribution < -0.4 is 5.32 Å². The number of pyridine rings is 1. The first-order valence-electron chi connectivity index (χ1n) is 9.07. The highest BCUT2D eigenvalue weighted by atomic mass is 32.1. The number of fused-ring (bicyclic) bond motifs is 1. The summed E-state index contributed by atoms with van der Waals surface area (Å²) in [7, 11) is 0. The number of nitrogens with one attached hydrogen (secondary N) is 1. The first-order valence-corrected chi connectivity index (χ1v) is 9.89. The van der Waals surface area contributed by atoms with Gasteiger partial charge in [-0.25, -0.2) is 14.5 Å². The minimum Gasteiger partial charge on any atom is -0.462 e. The van der Waals surface area contributed by atoms with Gasteiger partial charge in [0.05, 0.1) is 29.6 Å². The van der Waals surface area contributed by atoms with Crippen LogP contribution in [0.5, 0.6) is 0 Å². The predicted molar refractivity (Wildman–Crippen MR) is 106 cm³/mol. The van der Waals surface area contributed by atoms with Crippen molar-refractivity contribution in [2.75, 3.05) is 11.9 Å². The molecule has 0 aliphatic rings. The van der Waals surface area contributed by atoms with Gasteiger partial charge in [0.2, 0.25) is 0 Å². The molecule has 1 N–H and O–H groups in total. The van der Waals surface area contributed by atoms with Crippen LogP contribution in [0.3, 0.4) is 0 Å². The second-order valence-electron chi connectivity index (χ2n) is 6.74. The molecule has 0 fully saturated rings. The van der Waals surface area contributed by atoms with E-state index < -0.39 is 22.9 Å². The molecule has 0 atom stereocenters. The van der Waals surface area contributed by atoms with Crippen LogP contribution in [0.25, 0.3) is 11.0 Å². The molecule has 0 unspecified atom stereocenters. The first-order chi connectivity index (χ1) is 14.0. The number of nitrogens with zero attached hydrogens (tertiary/aromatic N) is 3. The maximum absolute atomic E-state index is 13.1. The Kier molecular flexibility index (Phi) is 5.84.